The van der Waals surface area contributed by atoms with Crippen molar-refractivity contribution in [2.45, 2.75) is 25.3 Å². The number of pyridine rings is 1. The third kappa shape index (κ3) is 5.46. The van der Waals surface area contributed by atoms with Gasteiger partial charge in [0, 0.05) is 44.0 Å². The molecule has 2 aromatic rings. The largest absolute Gasteiger partial charge is 0.396 e. The first kappa shape index (κ1) is 22.0. The Kier molecular flexibility index (Phi) is 7.12. The van der Waals surface area contributed by atoms with Crippen LogP contribution in [0.3, 0.4) is 0 Å². The van der Waals surface area contributed by atoms with Gasteiger partial charge in [-0.15, -0.1) is 0 Å². The molecule has 0 aromatic carbocycles. The summed E-state index contributed by atoms with van der Waals surface area (Å²) in [7, 11) is -3.75. The maximum absolute atomic E-state index is 12.6. The Morgan fingerprint density at radius 2 is 2.17 bits per heavy atom. The number of nitrogens with one attached hydrogen (secondary N) is 1. The van der Waals surface area contributed by atoms with Crippen molar-refractivity contribution in [2.24, 2.45) is 5.92 Å². The van der Waals surface area contributed by atoms with Gasteiger partial charge in [-0.3, -0.25) is 4.68 Å². The number of halogens is 1. The fourth-order valence-corrected chi connectivity index (χ4v) is 4.59. The molecule has 3 heterocycles. The van der Waals surface area contributed by atoms with Crippen LogP contribution in [0.25, 0.3) is 0 Å². The molecule has 1 aliphatic rings. The molecule has 1 atom stereocenters. The zero-order valence-electron chi connectivity index (χ0n) is 16.5. The van der Waals surface area contributed by atoms with Gasteiger partial charge in [0.1, 0.15) is 10.7 Å². The van der Waals surface area contributed by atoms with E-state index in [4.69, 9.17) is 16.3 Å². The molecular formula is C18H26ClN5O4S. The maximum atomic E-state index is 12.6. The van der Waals surface area contributed by atoms with E-state index in [1.54, 1.807) is 4.68 Å². The molecule has 0 radical (unpaired) electrons. The minimum Gasteiger partial charge on any atom is -0.396 e. The lowest BCUT2D eigenvalue weighted by Gasteiger charge is -2.24. The third-order valence-corrected chi connectivity index (χ3v) is 6.43. The molecule has 0 bridgehead atoms. The summed E-state index contributed by atoms with van der Waals surface area (Å²) in [5.41, 5.74) is 1.86. The Hall–Kier alpha value is -1.72. The highest BCUT2D eigenvalue weighted by Gasteiger charge is 2.23. The third-order valence-electron chi connectivity index (χ3n) is 4.72. The van der Waals surface area contributed by atoms with Gasteiger partial charge in [0.2, 0.25) is 10.0 Å². The van der Waals surface area contributed by atoms with Gasteiger partial charge in [-0.1, -0.05) is 11.6 Å². The Morgan fingerprint density at radius 3 is 2.83 bits per heavy atom. The number of aryl methyl sites for hydroxylation is 2. The monoisotopic (exact) mass is 443 g/mol. The fraction of sp³-hybridized carbons (Fsp3) is 0.556. The molecule has 0 aliphatic carbocycles. The fourth-order valence-electron chi connectivity index (χ4n) is 3.25. The highest BCUT2D eigenvalue weighted by atomic mass is 35.5. The van der Waals surface area contributed by atoms with Crippen molar-refractivity contribution >= 4 is 27.4 Å². The molecule has 1 fully saturated rings. The second-order valence-corrected chi connectivity index (χ2v) is 9.27. The number of aliphatic hydroxyl groups excluding tert-OH is 1. The minimum atomic E-state index is -3.75. The van der Waals surface area contributed by atoms with Gasteiger partial charge >= 0.3 is 0 Å². The molecule has 0 spiro atoms. The van der Waals surface area contributed by atoms with Crippen LogP contribution in [0.1, 0.15) is 11.4 Å². The van der Waals surface area contributed by atoms with E-state index in [0.717, 1.165) is 11.4 Å². The number of nitrogens with zero attached hydrogens (tertiary/aromatic N) is 4. The zero-order chi connectivity index (χ0) is 21.0. The summed E-state index contributed by atoms with van der Waals surface area (Å²) in [6.07, 6.45) is 1.30. The number of ether oxygens (including phenoxy) is 1. The first-order valence-electron chi connectivity index (χ1n) is 9.40. The van der Waals surface area contributed by atoms with Crippen molar-refractivity contribution in [3.63, 3.8) is 0 Å². The molecular weight excluding hydrogens is 418 g/mol. The van der Waals surface area contributed by atoms with Crippen LogP contribution in [0.15, 0.2) is 23.2 Å². The second-order valence-electron chi connectivity index (χ2n) is 7.09. The van der Waals surface area contributed by atoms with E-state index in [9.17, 15) is 13.5 Å². The number of aliphatic hydroxyl groups is 1. The average molecular weight is 444 g/mol. The van der Waals surface area contributed by atoms with Crippen molar-refractivity contribution in [1.29, 1.82) is 0 Å². The predicted octanol–water partition coefficient (Wildman–Crippen LogP) is 0.972. The number of hydrogen-bond acceptors (Lipinski definition) is 7. The van der Waals surface area contributed by atoms with Gasteiger partial charge in [-0.25, -0.2) is 18.1 Å². The second kappa shape index (κ2) is 9.40. The quantitative estimate of drug-likeness (QED) is 0.656. The number of hydrogen-bond donors (Lipinski definition) is 2. The standard InChI is InChI=1S/C18H26ClN5O4S/c1-13-7-14(2)24(22-13)4-3-21-29(26,27)16-8-17(19)18(20-9-16)23-5-6-28-12-15(10-23)11-25/h7-9,15,21,25H,3-6,10-12H2,1-2H3. The Balaban J connectivity index is 1.68. The summed E-state index contributed by atoms with van der Waals surface area (Å²) in [5, 5.41) is 14.0. The van der Waals surface area contributed by atoms with Crippen LogP contribution in [0.2, 0.25) is 5.02 Å². The molecule has 9 nitrogen and oxygen atoms in total. The van der Waals surface area contributed by atoms with Crippen molar-refractivity contribution in [3.05, 3.63) is 34.7 Å². The summed E-state index contributed by atoms with van der Waals surface area (Å²) in [6.45, 7) is 6.50. The van der Waals surface area contributed by atoms with Gasteiger partial charge in [0.25, 0.3) is 0 Å². The van der Waals surface area contributed by atoms with Crippen LogP contribution < -0.4 is 9.62 Å². The van der Waals surface area contributed by atoms with E-state index in [2.05, 4.69) is 14.8 Å². The van der Waals surface area contributed by atoms with E-state index >= 15 is 0 Å². The topological polar surface area (TPSA) is 110 Å². The first-order chi connectivity index (χ1) is 13.8. The van der Waals surface area contributed by atoms with E-state index in [1.807, 2.05) is 24.8 Å². The number of sulfonamides is 1. The summed E-state index contributed by atoms with van der Waals surface area (Å²) in [6, 6.07) is 3.33. The SMILES string of the molecule is Cc1cc(C)n(CCNS(=O)(=O)c2cnc(N3CCOCC(CO)C3)c(Cl)c2)n1. The van der Waals surface area contributed by atoms with Crippen LogP contribution >= 0.6 is 11.6 Å². The van der Waals surface area contributed by atoms with Crippen LogP contribution in [0.5, 0.6) is 0 Å². The lowest BCUT2D eigenvalue weighted by atomic mass is 10.1. The first-order valence-corrected chi connectivity index (χ1v) is 11.3. The van der Waals surface area contributed by atoms with E-state index in [1.165, 1.54) is 12.3 Å². The van der Waals surface area contributed by atoms with Gasteiger partial charge in [0.15, 0.2) is 0 Å². The van der Waals surface area contributed by atoms with Crippen LogP contribution in [0.4, 0.5) is 5.82 Å². The maximum Gasteiger partial charge on any atom is 0.242 e. The summed E-state index contributed by atoms with van der Waals surface area (Å²) >= 11 is 6.35. The molecule has 1 saturated heterocycles. The molecule has 1 unspecified atom stereocenters. The van der Waals surface area contributed by atoms with Crippen molar-refractivity contribution in [1.82, 2.24) is 19.5 Å². The lowest BCUT2D eigenvalue weighted by molar-refractivity contribution is 0.0959. The molecule has 1 aliphatic heterocycles. The normalized spacial score (nSPS) is 18.1. The Bertz CT molecular complexity index is 950. The highest BCUT2D eigenvalue weighted by molar-refractivity contribution is 7.89. The Morgan fingerprint density at radius 1 is 1.38 bits per heavy atom. The summed E-state index contributed by atoms with van der Waals surface area (Å²) in [5.74, 6) is 0.437. The molecule has 29 heavy (non-hydrogen) atoms. The number of aromatic nitrogens is 3. The number of rotatable bonds is 7. The molecule has 0 amide bonds. The number of anilines is 1. The van der Waals surface area contributed by atoms with Crippen molar-refractivity contribution < 1.29 is 18.3 Å². The van der Waals surface area contributed by atoms with Crippen molar-refractivity contribution in [3.8, 4) is 0 Å². The molecule has 2 aromatic heterocycles. The van der Waals surface area contributed by atoms with Crippen LogP contribution in [0, 0.1) is 19.8 Å². The van der Waals surface area contributed by atoms with Crippen LogP contribution in [-0.2, 0) is 21.3 Å². The van der Waals surface area contributed by atoms with E-state index < -0.39 is 10.0 Å². The summed E-state index contributed by atoms with van der Waals surface area (Å²) < 4.78 is 35.0. The van der Waals surface area contributed by atoms with Crippen LogP contribution in [-0.4, -0.2) is 67.7 Å². The predicted molar refractivity (Wildman–Crippen MR) is 110 cm³/mol. The highest BCUT2D eigenvalue weighted by Crippen LogP contribution is 2.27. The lowest BCUT2D eigenvalue weighted by Crippen LogP contribution is -2.32. The van der Waals surface area contributed by atoms with E-state index in [0.29, 0.717) is 38.7 Å². The molecule has 160 valence electrons. The smallest absolute Gasteiger partial charge is 0.242 e. The Labute approximate surface area is 175 Å². The molecule has 3 rings (SSSR count). The molecule has 0 saturated carbocycles. The zero-order valence-corrected chi connectivity index (χ0v) is 18.1. The van der Waals surface area contributed by atoms with E-state index in [-0.39, 0.29) is 29.0 Å². The van der Waals surface area contributed by atoms with Gasteiger partial charge in [-0.05, 0) is 26.0 Å². The minimum absolute atomic E-state index is 0.000245. The average Bonchev–Trinajstić information content (AvgIpc) is 2.86. The molecule has 11 heteroatoms. The van der Waals surface area contributed by atoms with Gasteiger partial charge < -0.3 is 14.7 Å². The van der Waals surface area contributed by atoms with Crippen molar-refractivity contribution in [2.75, 3.05) is 44.4 Å². The van der Waals surface area contributed by atoms with Gasteiger partial charge in [-0.2, -0.15) is 5.10 Å². The molecule has 2 N–H and O–H groups in total. The van der Waals surface area contributed by atoms with Gasteiger partial charge in [0.05, 0.1) is 30.5 Å². The summed E-state index contributed by atoms with van der Waals surface area (Å²) in [4.78, 5) is 6.19.